The molecule has 2 rings (SSSR count). The van der Waals surface area contributed by atoms with Crippen LogP contribution >= 0.6 is 0 Å². The number of carbonyl (C=O) groups is 2. The summed E-state index contributed by atoms with van der Waals surface area (Å²) in [6.07, 6.45) is 2.79. The van der Waals surface area contributed by atoms with Crippen molar-refractivity contribution < 1.29 is 18.7 Å². The molecule has 8 heteroatoms. The Labute approximate surface area is 170 Å². The first kappa shape index (κ1) is 22.2. The number of ether oxygens (including phenoxy) is 1. The van der Waals surface area contributed by atoms with Gasteiger partial charge in [0, 0.05) is 24.7 Å². The van der Waals surface area contributed by atoms with Gasteiger partial charge in [-0.05, 0) is 36.5 Å². The number of benzene rings is 1. The molecule has 0 fully saturated rings. The molecule has 1 aromatic rings. The van der Waals surface area contributed by atoms with Crippen molar-refractivity contribution >= 4 is 17.5 Å². The van der Waals surface area contributed by atoms with Crippen LogP contribution in [0.15, 0.2) is 24.3 Å². The summed E-state index contributed by atoms with van der Waals surface area (Å²) in [6.45, 7) is 4.54. The highest BCUT2D eigenvalue weighted by Crippen LogP contribution is 2.27. The smallest absolute Gasteiger partial charge is 0.318 e. The van der Waals surface area contributed by atoms with Gasteiger partial charge in [-0.25, -0.2) is 9.18 Å². The number of rotatable bonds is 7. The zero-order chi connectivity index (χ0) is 21.4. The number of amides is 3. The Hall–Kier alpha value is -3.08. The molecular formula is C21H27FN4O3. The largest absolute Gasteiger partial charge is 0.497 e. The van der Waals surface area contributed by atoms with E-state index in [9.17, 15) is 14.0 Å². The van der Waals surface area contributed by atoms with Crippen molar-refractivity contribution in [3.05, 3.63) is 35.7 Å². The number of nitrogens with one attached hydrogen (secondary N) is 2. The number of halogens is 1. The molecule has 0 saturated heterocycles. The van der Waals surface area contributed by atoms with E-state index < -0.39 is 6.04 Å². The first-order valence-electron chi connectivity index (χ1n) is 9.58. The predicted octanol–water partition coefficient (Wildman–Crippen LogP) is 2.69. The Balaban J connectivity index is 2.02. The zero-order valence-electron chi connectivity index (χ0n) is 17.0. The second kappa shape index (κ2) is 10.5. The number of carbonyl (C=O) groups excluding carboxylic acids is 2. The maximum absolute atomic E-state index is 14.3. The van der Waals surface area contributed by atoms with Crippen molar-refractivity contribution in [2.45, 2.75) is 32.7 Å². The van der Waals surface area contributed by atoms with Crippen LogP contribution in [0.2, 0.25) is 0 Å². The monoisotopic (exact) mass is 402 g/mol. The Bertz CT molecular complexity index is 817. The van der Waals surface area contributed by atoms with Crippen LogP contribution in [0.1, 0.15) is 32.3 Å². The van der Waals surface area contributed by atoms with Gasteiger partial charge in [0.05, 0.1) is 13.2 Å². The molecule has 0 bridgehead atoms. The number of hydrogen-bond donors (Lipinski definition) is 2. The number of nitriles is 1. The maximum Gasteiger partial charge on any atom is 0.318 e. The highest BCUT2D eigenvalue weighted by molar-refractivity contribution is 5.87. The fraction of sp³-hybridized carbons (Fsp3) is 0.476. The predicted molar refractivity (Wildman–Crippen MR) is 108 cm³/mol. The molecule has 0 radical (unpaired) electrons. The highest BCUT2D eigenvalue weighted by atomic mass is 19.1. The summed E-state index contributed by atoms with van der Waals surface area (Å²) in [5.74, 6) is -0.0876. The van der Waals surface area contributed by atoms with Crippen LogP contribution in [0.3, 0.4) is 0 Å². The minimum atomic E-state index is -0.708. The molecule has 29 heavy (non-hydrogen) atoms. The summed E-state index contributed by atoms with van der Waals surface area (Å²) in [6, 6.07) is 5.51. The Morgan fingerprint density at radius 1 is 1.38 bits per heavy atom. The van der Waals surface area contributed by atoms with E-state index >= 15 is 0 Å². The van der Waals surface area contributed by atoms with Gasteiger partial charge in [-0.2, -0.15) is 5.26 Å². The molecule has 1 atom stereocenters. The lowest BCUT2D eigenvalue weighted by Gasteiger charge is -2.29. The van der Waals surface area contributed by atoms with E-state index in [0.29, 0.717) is 37.2 Å². The third-order valence-electron chi connectivity index (χ3n) is 4.68. The van der Waals surface area contributed by atoms with Gasteiger partial charge < -0.3 is 20.3 Å². The normalized spacial score (nSPS) is 14.6. The van der Waals surface area contributed by atoms with Gasteiger partial charge >= 0.3 is 6.03 Å². The molecule has 0 aliphatic carbocycles. The van der Waals surface area contributed by atoms with Gasteiger partial charge in [-0.3, -0.25) is 4.79 Å². The summed E-state index contributed by atoms with van der Waals surface area (Å²) in [7, 11) is 1.48. The van der Waals surface area contributed by atoms with Gasteiger partial charge in [0.1, 0.15) is 24.2 Å². The Morgan fingerprint density at radius 2 is 2.14 bits per heavy atom. The minimum Gasteiger partial charge on any atom is -0.497 e. The molecule has 1 heterocycles. The van der Waals surface area contributed by atoms with E-state index in [1.54, 1.807) is 17.0 Å². The minimum absolute atomic E-state index is 0.105. The average Bonchev–Trinajstić information content (AvgIpc) is 2.71. The molecule has 2 N–H and O–H groups in total. The fourth-order valence-electron chi connectivity index (χ4n) is 3.17. The number of methoxy groups -OCH3 is 1. The van der Waals surface area contributed by atoms with Crippen LogP contribution < -0.4 is 15.4 Å². The van der Waals surface area contributed by atoms with Crippen molar-refractivity contribution in [3.8, 4) is 11.8 Å². The second-order valence-corrected chi connectivity index (χ2v) is 7.28. The van der Waals surface area contributed by atoms with Gasteiger partial charge in [0.15, 0.2) is 0 Å². The quantitative estimate of drug-likeness (QED) is 0.686. The fourth-order valence-corrected chi connectivity index (χ4v) is 3.17. The zero-order valence-corrected chi connectivity index (χ0v) is 17.0. The molecule has 0 spiro atoms. The molecule has 1 aromatic carbocycles. The van der Waals surface area contributed by atoms with Crippen LogP contribution in [0, 0.1) is 23.1 Å². The van der Waals surface area contributed by atoms with E-state index in [0.717, 1.165) is 5.57 Å². The first-order chi connectivity index (χ1) is 13.8. The van der Waals surface area contributed by atoms with Crippen LogP contribution in [0.25, 0.3) is 5.57 Å². The number of nitrogens with zero attached hydrogens (tertiary/aromatic N) is 2. The molecule has 1 unspecified atom stereocenters. The van der Waals surface area contributed by atoms with Crippen LogP contribution in [-0.4, -0.2) is 49.6 Å². The van der Waals surface area contributed by atoms with Crippen LogP contribution in [0.4, 0.5) is 9.18 Å². The van der Waals surface area contributed by atoms with Crippen LogP contribution in [-0.2, 0) is 4.79 Å². The Morgan fingerprint density at radius 3 is 2.69 bits per heavy atom. The molecule has 3 amide bonds. The summed E-state index contributed by atoms with van der Waals surface area (Å²) < 4.78 is 19.3. The van der Waals surface area contributed by atoms with E-state index in [1.165, 1.54) is 13.2 Å². The number of urea groups is 1. The maximum atomic E-state index is 14.3. The van der Waals surface area contributed by atoms with E-state index in [2.05, 4.69) is 10.6 Å². The number of hydrogen-bond acceptors (Lipinski definition) is 4. The first-order valence-corrected chi connectivity index (χ1v) is 9.58. The topological polar surface area (TPSA) is 94.5 Å². The van der Waals surface area contributed by atoms with Crippen molar-refractivity contribution in [1.82, 2.24) is 15.5 Å². The SMILES string of the molecule is COc1ccc(C2=CCN(C(=O)NC(CC(C)C)C(=O)NCC#N)CC2)c(F)c1. The molecule has 1 aliphatic rings. The molecule has 1 aliphatic heterocycles. The van der Waals surface area contributed by atoms with Gasteiger partial charge in [-0.1, -0.05) is 19.9 Å². The van der Waals surface area contributed by atoms with Crippen LogP contribution in [0.5, 0.6) is 5.75 Å². The molecule has 0 aromatic heterocycles. The highest BCUT2D eigenvalue weighted by Gasteiger charge is 2.25. The van der Waals surface area contributed by atoms with E-state index in [4.69, 9.17) is 10.00 Å². The van der Waals surface area contributed by atoms with Crippen molar-refractivity contribution in [2.24, 2.45) is 5.92 Å². The van der Waals surface area contributed by atoms with Gasteiger partial charge in [-0.15, -0.1) is 0 Å². The van der Waals surface area contributed by atoms with Crippen molar-refractivity contribution in [3.63, 3.8) is 0 Å². The van der Waals surface area contributed by atoms with Gasteiger partial charge in [0.25, 0.3) is 0 Å². The lowest BCUT2D eigenvalue weighted by molar-refractivity contribution is -0.123. The van der Waals surface area contributed by atoms with Gasteiger partial charge in [0.2, 0.25) is 5.91 Å². The summed E-state index contributed by atoms with van der Waals surface area (Å²) in [5.41, 5.74) is 1.33. The lowest BCUT2D eigenvalue weighted by atomic mass is 9.99. The van der Waals surface area contributed by atoms with E-state index in [-0.39, 0.29) is 30.2 Å². The third-order valence-corrected chi connectivity index (χ3v) is 4.68. The summed E-state index contributed by atoms with van der Waals surface area (Å²) in [4.78, 5) is 26.4. The standard InChI is InChI=1S/C21H27FN4O3/c1-14(2)12-19(20(27)24-9-8-23)25-21(28)26-10-6-15(7-11-26)17-5-4-16(29-3)13-18(17)22/h4-6,13-14,19H,7,9-12H2,1-3H3,(H,24,27)(H,25,28). The molecule has 0 saturated carbocycles. The summed E-state index contributed by atoms with van der Waals surface area (Å²) in [5, 5.41) is 13.9. The lowest BCUT2D eigenvalue weighted by Crippen LogP contribution is -2.52. The molecule has 156 valence electrons. The molecule has 7 nitrogen and oxygen atoms in total. The third kappa shape index (κ3) is 6.21. The Kier molecular flexibility index (Phi) is 8.01. The average molecular weight is 402 g/mol. The summed E-state index contributed by atoms with van der Waals surface area (Å²) >= 11 is 0. The van der Waals surface area contributed by atoms with Crippen molar-refractivity contribution in [2.75, 3.05) is 26.7 Å². The van der Waals surface area contributed by atoms with E-state index in [1.807, 2.05) is 26.0 Å². The van der Waals surface area contributed by atoms with Crippen molar-refractivity contribution in [1.29, 1.82) is 5.26 Å². The molecular weight excluding hydrogens is 375 g/mol. The second-order valence-electron chi connectivity index (χ2n) is 7.28.